The van der Waals surface area contributed by atoms with Gasteiger partial charge in [-0.25, -0.2) is 0 Å². The van der Waals surface area contributed by atoms with Crippen molar-refractivity contribution in [1.82, 2.24) is 9.80 Å². The van der Waals surface area contributed by atoms with Crippen LogP contribution in [0.3, 0.4) is 0 Å². The summed E-state index contributed by atoms with van der Waals surface area (Å²) in [4.78, 5) is 42.4. The van der Waals surface area contributed by atoms with E-state index in [0.29, 0.717) is 34.9 Å². The zero-order valence-corrected chi connectivity index (χ0v) is 21.2. The summed E-state index contributed by atoms with van der Waals surface area (Å²) < 4.78 is 11.5. The van der Waals surface area contributed by atoms with Crippen molar-refractivity contribution in [2.75, 3.05) is 44.7 Å². The van der Waals surface area contributed by atoms with E-state index in [4.69, 9.17) is 9.47 Å². The monoisotopic (exact) mass is 493 g/mol. The molecule has 0 saturated carbocycles. The van der Waals surface area contributed by atoms with Gasteiger partial charge in [-0.15, -0.1) is 0 Å². The third-order valence-electron chi connectivity index (χ3n) is 6.70. The molecule has 1 N–H and O–H groups in total. The number of para-hydroxylation sites is 1. The third kappa shape index (κ3) is 5.98. The molecule has 8 heteroatoms. The molecule has 0 unspecified atom stereocenters. The van der Waals surface area contributed by atoms with Gasteiger partial charge in [0.2, 0.25) is 0 Å². The van der Waals surface area contributed by atoms with Gasteiger partial charge in [0, 0.05) is 31.7 Å². The van der Waals surface area contributed by atoms with Gasteiger partial charge in [0.05, 0.1) is 17.9 Å². The Labute approximate surface area is 212 Å². The molecule has 0 bridgehead atoms. The molecular weight excluding hydrogens is 458 g/mol. The minimum absolute atomic E-state index is 0.0475. The van der Waals surface area contributed by atoms with Crippen LogP contribution in [0.4, 0.5) is 5.69 Å². The maximum absolute atomic E-state index is 13.2. The molecule has 0 radical (unpaired) electrons. The van der Waals surface area contributed by atoms with Gasteiger partial charge in [0.25, 0.3) is 17.7 Å². The number of rotatable bonds is 8. The van der Waals surface area contributed by atoms with Gasteiger partial charge in [-0.3, -0.25) is 14.4 Å². The third-order valence-corrected chi connectivity index (χ3v) is 6.70. The van der Waals surface area contributed by atoms with Crippen molar-refractivity contribution in [3.63, 3.8) is 0 Å². The Morgan fingerprint density at radius 3 is 2.28 bits per heavy atom. The average molecular weight is 494 g/mol. The summed E-state index contributed by atoms with van der Waals surface area (Å²) in [5, 5.41) is 2.94. The van der Waals surface area contributed by atoms with Crippen molar-refractivity contribution in [3.8, 4) is 11.5 Å². The molecule has 2 aliphatic rings. The van der Waals surface area contributed by atoms with E-state index in [0.717, 1.165) is 63.8 Å². The highest BCUT2D eigenvalue weighted by Crippen LogP contribution is 2.30. The maximum atomic E-state index is 13.2. The number of nitrogens with one attached hydrogen (secondary N) is 1. The van der Waals surface area contributed by atoms with Gasteiger partial charge in [-0.05, 0) is 75.8 Å². The summed E-state index contributed by atoms with van der Waals surface area (Å²) >= 11 is 0. The molecule has 0 aromatic heterocycles. The number of piperidine rings is 1. The summed E-state index contributed by atoms with van der Waals surface area (Å²) in [7, 11) is 0. The Balaban J connectivity index is 1.48. The molecule has 0 aliphatic carbocycles. The predicted octanol–water partition coefficient (Wildman–Crippen LogP) is 4.27. The highest BCUT2D eigenvalue weighted by molar-refractivity contribution is 6.10. The Morgan fingerprint density at radius 1 is 0.861 bits per heavy atom. The molecule has 2 fully saturated rings. The van der Waals surface area contributed by atoms with Crippen LogP contribution in [0.1, 0.15) is 65.3 Å². The fourth-order valence-electron chi connectivity index (χ4n) is 4.70. The van der Waals surface area contributed by atoms with Crippen LogP contribution in [-0.2, 0) is 4.79 Å². The normalized spacial score (nSPS) is 15.5. The second kappa shape index (κ2) is 11.9. The minimum Gasteiger partial charge on any atom is -0.490 e. The van der Waals surface area contributed by atoms with Gasteiger partial charge in [-0.2, -0.15) is 0 Å². The van der Waals surface area contributed by atoms with Crippen molar-refractivity contribution < 1.29 is 23.9 Å². The van der Waals surface area contributed by atoms with Gasteiger partial charge >= 0.3 is 0 Å². The number of amides is 3. The summed E-state index contributed by atoms with van der Waals surface area (Å²) in [5.41, 5.74) is 2.20. The number of benzene rings is 2. The standard InChI is InChI=1S/C28H35N3O5/c1-3-35-24-18-21(12-13-23(24)36-19-25(32)30-14-5-4-6-15-30)27(33)29-26-20(2)10-9-11-22(26)28(34)31-16-7-8-17-31/h9-13,18H,3-8,14-17,19H2,1-2H3,(H,29,33). The van der Waals surface area contributed by atoms with E-state index in [1.54, 1.807) is 24.3 Å². The van der Waals surface area contributed by atoms with E-state index in [-0.39, 0.29) is 24.3 Å². The zero-order chi connectivity index (χ0) is 25.5. The van der Waals surface area contributed by atoms with Crippen molar-refractivity contribution in [3.05, 3.63) is 53.1 Å². The number of anilines is 1. The average Bonchev–Trinajstić information content (AvgIpc) is 3.44. The summed E-state index contributed by atoms with van der Waals surface area (Å²) in [5.74, 6) is 0.350. The number of hydrogen-bond donors (Lipinski definition) is 1. The number of aryl methyl sites for hydroxylation is 1. The van der Waals surface area contributed by atoms with Crippen molar-refractivity contribution in [1.29, 1.82) is 0 Å². The lowest BCUT2D eigenvalue weighted by Crippen LogP contribution is -2.38. The molecule has 0 spiro atoms. The molecule has 2 aromatic rings. The predicted molar refractivity (Wildman–Crippen MR) is 138 cm³/mol. The quantitative estimate of drug-likeness (QED) is 0.593. The van der Waals surface area contributed by atoms with E-state index >= 15 is 0 Å². The SMILES string of the molecule is CCOc1cc(C(=O)Nc2c(C)cccc2C(=O)N2CCCC2)ccc1OCC(=O)N1CCCCC1. The first-order valence-electron chi connectivity index (χ1n) is 12.9. The smallest absolute Gasteiger partial charge is 0.260 e. The number of likely N-dealkylation sites (tertiary alicyclic amines) is 2. The topological polar surface area (TPSA) is 88.2 Å². The van der Waals surface area contributed by atoms with E-state index in [1.807, 2.05) is 35.8 Å². The molecule has 36 heavy (non-hydrogen) atoms. The Morgan fingerprint density at radius 2 is 1.56 bits per heavy atom. The second-order valence-corrected chi connectivity index (χ2v) is 9.28. The van der Waals surface area contributed by atoms with Crippen LogP contribution < -0.4 is 14.8 Å². The van der Waals surface area contributed by atoms with Crippen LogP contribution in [0, 0.1) is 6.92 Å². The molecule has 4 rings (SSSR count). The van der Waals surface area contributed by atoms with Crippen molar-refractivity contribution >= 4 is 23.4 Å². The molecule has 2 heterocycles. The summed E-state index contributed by atoms with van der Waals surface area (Å²) in [6.07, 6.45) is 5.19. The van der Waals surface area contributed by atoms with Crippen molar-refractivity contribution in [2.24, 2.45) is 0 Å². The Bertz CT molecular complexity index is 1100. The van der Waals surface area contributed by atoms with E-state index in [9.17, 15) is 14.4 Å². The molecule has 8 nitrogen and oxygen atoms in total. The first kappa shape index (κ1) is 25.5. The van der Waals surface area contributed by atoms with Crippen LogP contribution in [-0.4, -0.2) is 66.9 Å². The highest BCUT2D eigenvalue weighted by Gasteiger charge is 2.24. The fraction of sp³-hybridized carbons (Fsp3) is 0.464. The Kier molecular flexibility index (Phi) is 8.46. The van der Waals surface area contributed by atoms with Gasteiger partial charge in [0.15, 0.2) is 18.1 Å². The summed E-state index contributed by atoms with van der Waals surface area (Å²) in [6.45, 7) is 7.03. The molecule has 0 atom stereocenters. The van der Waals surface area contributed by atoms with Crippen LogP contribution in [0.25, 0.3) is 0 Å². The lowest BCUT2D eigenvalue weighted by molar-refractivity contribution is -0.134. The largest absolute Gasteiger partial charge is 0.490 e. The number of ether oxygens (including phenoxy) is 2. The van der Waals surface area contributed by atoms with Gasteiger partial charge < -0.3 is 24.6 Å². The molecule has 2 saturated heterocycles. The molecule has 2 aromatic carbocycles. The first-order valence-corrected chi connectivity index (χ1v) is 12.9. The molecule has 3 amide bonds. The lowest BCUT2D eigenvalue weighted by Gasteiger charge is -2.26. The van der Waals surface area contributed by atoms with Gasteiger partial charge in [-0.1, -0.05) is 12.1 Å². The number of nitrogens with zero attached hydrogens (tertiary/aromatic N) is 2. The minimum atomic E-state index is -0.350. The van der Waals surface area contributed by atoms with Crippen LogP contribution in [0.2, 0.25) is 0 Å². The maximum Gasteiger partial charge on any atom is 0.260 e. The second-order valence-electron chi connectivity index (χ2n) is 9.28. The number of carbonyl (C=O) groups is 3. The Hall–Kier alpha value is -3.55. The zero-order valence-electron chi connectivity index (χ0n) is 21.2. The fourth-order valence-corrected chi connectivity index (χ4v) is 4.70. The molecule has 192 valence electrons. The number of hydrogen-bond acceptors (Lipinski definition) is 5. The molecule has 2 aliphatic heterocycles. The van der Waals surface area contributed by atoms with Crippen LogP contribution in [0.5, 0.6) is 11.5 Å². The highest BCUT2D eigenvalue weighted by atomic mass is 16.5. The van der Waals surface area contributed by atoms with E-state index < -0.39 is 0 Å². The van der Waals surface area contributed by atoms with Crippen molar-refractivity contribution in [2.45, 2.75) is 46.0 Å². The van der Waals surface area contributed by atoms with E-state index in [2.05, 4.69) is 5.32 Å². The van der Waals surface area contributed by atoms with Crippen LogP contribution >= 0.6 is 0 Å². The van der Waals surface area contributed by atoms with Gasteiger partial charge in [0.1, 0.15) is 0 Å². The number of carbonyl (C=O) groups excluding carboxylic acids is 3. The summed E-state index contributed by atoms with van der Waals surface area (Å²) in [6, 6.07) is 10.4. The molecular formula is C28H35N3O5. The van der Waals surface area contributed by atoms with Crippen LogP contribution in [0.15, 0.2) is 36.4 Å². The lowest BCUT2D eigenvalue weighted by atomic mass is 10.1. The first-order chi connectivity index (χ1) is 17.5. The van der Waals surface area contributed by atoms with E-state index in [1.165, 1.54) is 0 Å².